The van der Waals surface area contributed by atoms with Crippen molar-refractivity contribution in [3.8, 4) is 11.3 Å². The molecule has 0 radical (unpaired) electrons. The number of halogens is 1. The minimum atomic E-state index is -3.60. The van der Waals surface area contributed by atoms with Crippen LogP contribution in [0.2, 0.25) is 0 Å². The Kier molecular flexibility index (Phi) is 5.46. The van der Waals surface area contributed by atoms with E-state index in [1.165, 1.54) is 6.20 Å². The molecule has 1 aromatic heterocycles. The maximum atomic E-state index is 13.0. The van der Waals surface area contributed by atoms with Crippen molar-refractivity contribution in [2.45, 2.75) is 24.3 Å². The summed E-state index contributed by atoms with van der Waals surface area (Å²) < 4.78 is 32.8. The van der Waals surface area contributed by atoms with E-state index in [0.29, 0.717) is 24.4 Å². The highest BCUT2D eigenvalue weighted by Crippen LogP contribution is 2.33. The van der Waals surface area contributed by atoms with Crippen LogP contribution in [0, 0.1) is 5.92 Å². The first-order valence-electron chi connectivity index (χ1n) is 7.26. The second kappa shape index (κ2) is 7.00. The standard InChI is InChI=1S/C15H19N3O3S.ClH/c1-11-8-12(9-16)10-18(11)22(19,20)15-5-3-2-4-13(15)14-6-7-17-21-14;/h2-7,11-12H,8-10,16H2,1H3;1H. The van der Waals surface area contributed by atoms with Gasteiger partial charge in [-0.15, -0.1) is 12.4 Å². The van der Waals surface area contributed by atoms with Gasteiger partial charge in [0.25, 0.3) is 0 Å². The van der Waals surface area contributed by atoms with Gasteiger partial charge < -0.3 is 10.3 Å². The van der Waals surface area contributed by atoms with Gasteiger partial charge in [-0.25, -0.2) is 8.42 Å². The van der Waals surface area contributed by atoms with Crippen molar-refractivity contribution in [3.05, 3.63) is 36.5 Å². The van der Waals surface area contributed by atoms with Crippen molar-refractivity contribution < 1.29 is 12.9 Å². The zero-order valence-corrected chi connectivity index (χ0v) is 14.4. The molecular formula is C15H20ClN3O3S. The van der Waals surface area contributed by atoms with E-state index in [9.17, 15) is 8.42 Å². The minimum Gasteiger partial charge on any atom is -0.356 e. The van der Waals surface area contributed by atoms with E-state index < -0.39 is 10.0 Å². The first-order chi connectivity index (χ1) is 10.5. The highest BCUT2D eigenvalue weighted by molar-refractivity contribution is 7.89. The Morgan fingerprint density at radius 2 is 2.09 bits per heavy atom. The van der Waals surface area contributed by atoms with Crippen LogP contribution in [0.1, 0.15) is 13.3 Å². The zero-order valence-electron chi connectivity index (χ0n) is 12.8. The van der Waals surface area contributed by atoms with Crippen molar-refractivity contribution in [1.29, 1.82) is 0 Å². The van der Waals surface area contributed by atoms with Crippen molar-refractivity contribution >= 4 is 22.4 Å². The Morgan fingerprint density at radius 3 is 2.70 bits per heavy atom. The average molecular weight is 358 g/mol. The van der Waals surface area contributed by atoms with Crippen molar-refractivity contribution in [2.24, 2.45) is 11.7 Å². The maximum absolute atomic E-state index is 13.0. The molecule has 1 saturated heterocycles. The zero-order chi connectivity index (χ0) is 15.7. The quantitative estimate of drug-likeness (QED) is 0.905. The van der Waals surface area contributed by atoms with Crippen LogP contribution in [0.15, 0.2) is 45.9 Å². The van der Waals surface area contributed by atoms with Gasteiger partial charge in [0.15, 0.2) is 5.76 Å². The lowest BCUT2D eigenvalue weighted by molar-refractivity contribution is 0.403. The Morgan fingerprint density at radius 1 is 1.35 bits per heavy atom. The number of hydrogen-bond donors (Lipinski definition) is 1. The van der Waals surface area contributed by atoms with Crippen LogP contribution in [0.4, 0.5) is 0 Å². The van der Waals surface area contributed by atoms with E-state index in [1.807, 2.05) is 6.92 Å². The number of hydrogen-bond acceptors (Lipinski definition) is 5. The van der Waals surface area contributed by atoms with Gasteiger partial charge in [0.05, 0.1) is 11.1 Å². The van der Waals surface area contributed by atoms with Crippen molar-refractivity contribution in [1.82, 2.24) is 9.46 Å². The van der Waals surface area contributed by atoms with E-state index in [-0.39, 0.29) is 29.3 Å². The first-order valence-corrected chi connectivity index (χ1v) is 8.70. The lowest BCUT2D eigenvalue weighted by Gasteiger charge is -2.22. The number of benzene rings is 1. The monoisotopic (exact) mass is 357 g/mol. The minimum absolute atomic E-state index is 0. The largest absolute Gasteiger partial charge is 0.356 e. The molecule has 0 amide bonds. The fraction of sp³-hybridized carbons (Fsp3) is 0.400. The molecule has 1 aliphatic rings. The molecule has 126 valence electrons. The number of aromatic nitrogens is 1. The molecule has 1 aromatic carbocycles. The molecule has 0 spiro atoms. The number of rotatable bonds is 4. The van der Waals surface area contributed by atoms with E-state index >= 15 is 0 Å². The summed E-state index contributed by atoms with van der Waals surface area (Å²) in [6.07, 6.45) is 2.29. The molecule has 2 unspecified atom stereocenters. The van der Waals surface area contributed by atoms with Gasteiger partial charge >= 0.3 is 0 Å². The SMILES string of the molecule is CC1CC(CN)CN1S(=O)(=O)c1ccccc1-c1ccno1.Cl. The van der Waals surface area contributed by atoms with Crippen LogP contribution in [-0.2, 0) is 10.0 Å². The molecule has 3 rings (SSSR count). The van der Waals surface area contributed by atoms with Crippen LogP contribution in [-0.4, -0.2) is 37.0 Å². The maximum Gasteiger partial charge on any atom is 0.244 e. The molecule has 1 aliphatic heterocycles. The van der Waals surface area contributed by atoms with Gasteiger partial charge in [0, 0.05) is 24.2 Å². The second-order valence-corrected chi connectivity index (χ2v) is 7.49. The Bertz CT molecular complexity index is 749. The highest BCUT2D eigenvalue weighted by atomic mass is 35.5. The van der Waals surface area contributed by atoms with Crippen LogP contribution >= 0.6 is 12.4 Å². The van der Waals surface area contributed by atoms with Gasteiger partial charge in [-0.05, 0) is 37.9 Å². The summed E-state index contributed by atoms with van der Waals surface area (Å²) in [5, 5.41) is 3.66. The van der Waals surface area contributed by atoms with Gasteiger partial charge in [-0.1, -0.05) is 17.3 Å². The third-order valence-corrected chi connectivity index (χ3v) is 6.15. The van der Waals surface area contributed by atoms with Crippen LogP contribution in [0.25, 0.3) is 11.3 Å². The number of nitrogens with two attached hydrogens (primary N) is 1. The van der Waals surface area contributed by atoms with Crippen LogP contribution in [0.3, 0.4) is 0 Å². The molecule has 2 N–H and O–H groups in total. The fourth-order valence-corrected chi connectivity index (χ4v) is 4.91. The van der Waals surface area contributed by atoms with E-state index in [1.54, 1.807) is 34.6 Å². The molecule has 8 heteroatoms. The van der Waals surface area contributed by atoms with Gasteiger partial charge in [0.1, 0.15) is 0 Å². The van der Waals surface area contributed by atoms with E-state index in [0.717, 1.165) is 6.42 Å². The molecule has 0 bridgehead atoms. The fourth-order valence-electron chi connectivity index (χ4n) is 2.99. The van der Waals surface area contributed by atoms with Crippen LogP contribution in [0.5, 0.6) is 0 Å². The molecule has 6 nitrogen and oxygen atoms in total. The summed E-state index contributed by atoms with van der Waals surface area (Å²) in [7, 11) is -3.60. The predicted molar refractivity (Wildman–Crippen MR) is 89.7 cm³/mol. The molecule has 2 atom stereocenters. The van der Waals surface area contributed by atoms with E-state index in [2.05, 4.69) is 5.16 Å². The molecule has 23 heavy (non-hydrogen) atoms. The third-order valence-electron chi connectivity index (χ3n) is 4.11. The summed E-state index contributed by atoms with van der Waals surface area (Å²) >= 11 is 0. The number of sulfonamides is 1. The Labute approximate surface area is 142 Å². The Hall–Kier alpha value is -1.41. The highest BCUT2D eigenvalue weighted by Gasteiger charge is 2.38. The molecule has 1 fully saturated rings. The van der Waals surface area contributed by atoms with Crippen LogP contribution < -0.4 is 5.73 Å². The summed E-state index contributed by atoms with van der Waals surface area (Å²) in [4.78, 5) is 0.247. The lowest BCUT2D eigenvalue weighted by atomic mass is 10.1. The van der Waals surface area contributed by atoms with Gasteiger partial charge in [-0.2, -0.15) is 4.31 Å². The number of nitrogens with zero attached hydrogens (tertiary/aromatic N) is 2. The summed E-state index contributed by atoms with van der Waals surface area (Å²) in [6, 6.07) is 8.44. The van der Waals surface area contributed by atoms with Crippen molar-refractivity contribution in [3.63, 3.8) is 0 Å². The summed E-state index contributed by atoms with van der Waals surface area (Å²) in [5.74, 6) is 0.656. The topological polar surface area (TPSA) is 89.4 Å². The summed E-state index contributed by atoms with van der Waals surface area (Å²) in [5.41, 5.74) is 6.23. The molecule has 0 saturated carbocycles. The molecule has 2 aromatic rings. The van der Waals surface area contributed by atoms with Crippen molar-refractivity contribution in [2.75, 3.05) is 13.1 Å². The third kappa shape index (κ3) is 3.28. The molecule has 0 aliphatic carbocycles. The summed E-state index contributed by atoms with van der Waals surface area (Å²) in [6.45, 7) is 2.88. The predicted octanol–water partition coefficient (Wildman–Crippen LogP) is 2.12. The van der Waals surface area contributed by atoms with E-state index in [4.69, 9.17) is 10.3 Å². The smallest absolute Gasteiger partial charge is 0.244 e. The normalized spacial score (nSPS) is 22.0. The lowest BCUT2D eigenvalue weighted by Crippen LogP contribution is -2.34. The average Bonchev–Trinajstić information content (AvgIpc) is 3.16. The first kappa shape index (κ1) is 17.9. The molecule has 2 heterocycles. The second-order valence-electron chi connectivity index (χ2n) is 5.63. The Balaban J connectivity index is 0.00000192. The van der Waals surface area contributed by atoms with Gasteiger partial charge in [0.2, 0.25) is 10.0 Å². The van der Waals surface area contributed by atoms with Gasteiger partial charge in [-0.3, -0.25) is 0 Å². The molecular weight excluding hydrogens is 338 g/mol.